The number of hydrogen-bond acceptors (Lipinski definition) is 3. The Balaban J connectivity index is 2.00. The van der Waals surface area contributed by atoms with Crippen LogP contribution in [-0.4, -0.2) is 34.2 Å². The number of anilines is 1. The molecule has 0 spiro atoms. The molecular weight excluding hydrogens is 206 g/mol. The lowest BCUT2D eigenvalue weighted by Crippen LogP contribution is -2.19. The van der Waals surface area contributed by atoms with Crippen LogP contribution in [0.1, 0.15) is 18.5 Å². The summed E-state index contributed by atoms with van der Waals surface area (Å²) >= 11 is 0. The van der Waals surface area contributed by atoms with Gasteiger partial charge in [-0.2, -0.15) is 0 Å². The molecule has 0 aliphatic carbocycles. The number of nitrogens with one attached hydrogen (secondary N) is 1. The first-order valence-electron chi connectivity index (χ1n) is 5.42. The minimum atomic E-state index is -1.08. The molecule has 16 heavy (non-hydrogen) atoms. The van der Waals surface area contributed by atoms with E-state index in [-0.39, 0.29) is 0 Å². The van der Waals surface area contributed by atoms with E-state index >= 15 is 0 Å². The van der Waals surface area contributed by atoms with Crippen LogP contribution in [0, 0.1) is 0 Å². The van der Waals surface area contributed by atoms with Crippen LogP contribution in [0.5, 0.6) is 0 Å². The second kappa shape index (κ2) is 4.94. The van der Waals surface area contributed by atoms with Gasteiger partial charge < -0.3 is 5.11 Å². The van der Waals surface area contributed by atoms with Crippen LogP contribution in [0.15, 0.2) is 18.2 Å². The predicted octanol–water partition coefficient (Wildman–Crippen LogP) is 1.77. The third kappa shape index (κ3) is 2.93. The van der Waals surface area contributed by atoms with Crippen LogP contribution >= 0.6 is 0 Å². The van der Waals surface area contributed by atoms with Crippen LogP contribution in [0.25, 0.3) is 0 Å². The third-order valence-corrected chi connectivity index (χ3v) is 2.63. The number of nitrogens with zero attached hydrogens (tertiary/aromatic N) is 2. The second-order valence-electron chi connectivity index (χ2n) is 3.93. The van der Waals surface area contributed by atoms with Gasteiger partial charge in [-0.25, -0.2) is 9.78 Å². The quantitative estimate of drug-likeness (QED) is 0.816. The molecule has 1 aliphatic rings. The van der Waals surface area contributed by atoms with Gasteiger partial charge in [0.15, 0.2) is 0 Å². The van der Waals surface area contributed by atoms with Crippen LogP contribution < -0.4 is 5.32 Å². The second-order valence-corrected chi connectivity index (χ2v) is 3.93. The number of aromatic nitrogens is 1. The van der Waals surface area contributed by atoms with Crippen LogP contribution in [-0.2, 0) is 6.54 Å². The summed E-state index contributed by atoms with van der Waals surface area (Å²) < 4.78 is 0. The molecule has 5 heteroatoms. The predicted molar refractivity (Wildman–Crippen MR) is 60.4 cm³/mol. The van der Waals surface area contributed by atoms with Gasteiger partial charge in [0, 0.05) is 6.54 Å². The maximum absolute atomic E-state index is 10.5. The van der Waals surface area contributed by atoms with E-state index in [9.17, 15) is 4.79 Å². The van der Waals surface area contributed by atoms with Crippen molar-refractivity contribution in [3.63, 3.8) is 0 Å². The molecule has 1 fully saturated rings. The summed E-state index contributed by atoms with van der Waals surface area (Å²) in [5.74, 6) is 0.393. The molecule has 2 heterocycles. The zero-order chi connectivity index (χ0) is 11.4. The van der Waals surface area contributed by atoms with Gasteiger partial charge in [-0.1, -0.05) is 6.07 Å². The zero-order valence-corrected chi connectivity index (χ0v) is 9.02. The molecular formula is C11H15N3O2. The van der Waals surface area contributed by atoms with E-state index in [4.69, 9.17) is 5.11 Å². The number of likely N-dealkylation sites (tertiary alicyclic amines) is 1. The first kappa shape index (κ1) is 10.9. The van der Waals surface area contributed by atoms with E-state index in [1.54, 1.807) is 6.07 Å². The topological polar surface area (TPSA) is 65.5 Å². The van der Waals surface area contributed by atoms with Crippen LogP contribution in [0.2, 0.25) is 0 Å². The molecule has 0 aromatic carbocycles. The molecule has 1 aromatic rings. The SMILES string of the molecule is O=C(O)Nc1cccc(CN2CCCC2)n1. The van der Waals surface area contributed by atoms with Gasteiger partial charge in [-0.3, -0.25) is 10.2 Å². The minimum Gasteiger partial charge on any atom is -0.465 e. The zero-order valence-electron chi connectivity index (χ0n) is 9.02. The highest BCUT2D eigenvalue weighted by atomic mass is 16.4. The molecule has 0 unspecified atom stereocenters. The highest BCUT2D eigenvalue weighted by Gasteiger charge is 2.12. The summed E-state index contributed by atoms with van der Waals surface area (Å²) in [5.41, 5.74) is 0.910. The average Bonchev–Trinajstić information content (AvgIpc) is 2.70. The van der Waals surface area contributed by atoms with Crippen molar-refractivity contribution in [1.82, 2.24) is 9.88 Å². The lowest BCUT2D eigenvalue weighted by Gasteiger charge is -2.14. The Hall–Kier alpha value is -1.62. The van der Waals surface area contributed by atoms with Crippen molar-refractivity contribution in [2.24, 2.45) is 0 Å². The molecule has 0 atom stereocenters. The molecule has 2 rings (SSSR count). The molecule has 1 amide bonds. The van der Waals surface area contributed by atoms with Crippen molar-refractivity contribution in [2.75, 3.05) is 18.4 Å². The Morgan fingerprint density at radius 1 is 1.44 bits per heavy atom. The Labute approximate surface area is 94.1 Å². The molecule has 2 N–H and O–H groups in total. The van der Waals surface area contributed by atoms with E-state index in [1.165, 1.54) is 12.8 Å². The van der Waals surface area contributed by atoms with Crippen molar-refractivity contribution in [2.45, 2.75) is 19.4 Å². The van der Waals surface area contributed by atoms with Gasteiger partial charge in [-0.15, -0.1) is 0 Å². The molecule has 5 nitrogen and oxygen atoms in total. The maximum atomic E-state index is 10.5. The van der Waals surface area contributed by atoms with Crippen molar-refractivity contribution in [3.05, 3.63) is 23.9 Å². The smallest absolute Gasteiger partial charge is 0.410 e. The van der Waals surface area contributed by atoms with Gasteiger partial charge in [-0.05, 0) is 38.1 Å². The van der Waals surface area contributed by atoms with Crippen molar-refractivity contribution < 1.29 is 9.90 Å². The number of carboxylic acid groups (broad SMARTS) is 1. The standard InChI is InChI=1S/C11H15N3O2/c15-11(16)13-10-5-3-4-9(12-10)8-14-6-1-2-7-14/h3-5H,1-2,6-8H2,(H,12,13)(H,15,16). The van der Waals surface area contributed by atoms with Gasteiger partial charge in [0.05, 0.1) is 5.69 Å². The normalized spacial score (nSPS) is 16.2. The third-order valence-electron chi connectivity index (χ3n) is 2.63. The van der Waals surface area contributed by atoms with E-state index < -0.39 is 6.09 Å². The fourth-order valence-corrected chi connectivity index (χ4v) is 1.92. The lowest BCUT2D eigenvalue weighted by molar-refractivity contribution is 0.209. The molecule has 0 bridgehead atoms. The first-order chi connectivity index (χ1) is 7.74. The summed E-state index contributed by atoms with van der Waals surface area (Å²) in [5, 5.41) is 10.8. The van der Waals surface area contributed by atoms with Crippen molar-refractivity contribution in [1.29, 1.82) is 0 Å². The molecule has 86 valence electrons. The van der Waals surface area contributed by atoms with Gasteiger partial charge >= 0.3 is 6.09 Å². The Kier molecular flexibility index (Phi) is 3.36. The van der Waals surface area contributed by atoms with E-state index in [1.807, 2.05) is 12.1 Å². The van der Waals surface area contributed by atoms with Crippen LogP contribution in [0.3, 0.4) is 0 Å². The summed E-state index contributed by atoms with van der Waals surface area (Å²) in [6.45, 7) is 3.02. The summed E-state index contributed by atoms with van der Waals surface area (Å²) in [6.07, 6.45) is 1.41. The Morgan fingerprint density at radius 2 is 2.19 bits per heavy atom. The minimum absolute atomic E-state index is 0.393. The number of amides is 1. The fraction of sp³-hybridized carbons (Fsp3) is 0.455. The van der Waals surface area contributed by atoms with E-state index in [0.29, 0.717) is 5.82 Å². The summed E-state index contributed by atoms with van der Waals surface area (Å²) in [7, 11) is 0. The number of hydrogen-bond donors (Lipinski definition) is 2. The Morgan fingerprint density at radius 3 is 2.88 bits per heavy atom. The molecule has 0 saturated carbocycles. The first-order valence-corrected chi connectivity index (χ1v) is 5.42. The Bertz CT molecular complexity index is 375. The molecule has 1 saturated heterocycles. The number of rotatable bonds is 3. The summed E-state index contributed by atoms with van der Waals surface area (Å²) in [6, 6.07) is 5.40. The van der Waals surface area contributed by atoms with Crippen LogP contribution in [0.4, 0.5) is 10.6 Å². The lowest BCUT2D eigenvalue weighted by atomic mass is 10.3. The maximum Gasteiger partial charge on any atom is 0.410 e. The van der Waals surface area contributed by atoms with E-state index in [0.717, 1.165) is 25.3 Å². The number of carbonyl (C=O) groups is 1. The highest BCUT2D eigenvalue weighted by Crippen LogP contribution is 2.12. The molecule has 1 aromatic heterocycles. The molecule has 0 radical (unpaired) electrons. The van der Waals surface area contributed by atoms with E-state index in [2.05, 4.69) is 15.2 Å². The van der Waals surface area contributed by atoms with Gasteiger partial charge in [0.25, 0.3) is 0 Å². The highest BCUT2D eigenvalue weighted by molar-refractivity contribution is 5.81. The largest absolute Gasteiger partial charge is 0.465 e. The fourth-order valence-electron chi connectivity index (χ4n) is 1.92. The monoisotopic (exact) mass is 221 g/mol. The number of pyridine rings is 1. The van der Waals surface area contributed by atoms with Gasteiger partial charge in [0.1, 0.15) is 5.82 Å². The summed E-state index contributed by atoms with van der Waals surface area (Å²) in [4.78, 5) is 17.0. The van der Waals surface area contributed by atoms with Crippen molar-refractivity contribution in [3.8, 4) is 0 Å². The van der Waals surface area contributed by atoms with Crippen molar-refractivity contribution >= 4 is 11.9 Å². The van der Waals surface area contributed by atoms with Gasteiger partial charge in [0.2, 0.25) is 0 Å². The average molecular weight is 221 g/mol. The molecule has 1 aliphatic heterocycles.